The van der Waals surface area contributed by atoms with Gasteiger partial charge in [0.1, 0.15) is 5.82 Å². The Balaban J connectivity index is 1.88. The molecule has 110 valence electrons. The van der Waals surface area contributed by atoms with Gasteiger partial charge in [-0.25, -0.2) is 4.39 Å². The molecule has 0 saturated heterocycles. The zero-order chi connectivity index (χ0) is 15.2. The lowest BCUT2D eigenvalue weighted by Gasteiger charge is -2.17. The number of rotatable bonds is 6. The van der Waals surface area contributed by atoms with Crippen LogP contribution < -0.4 is 0 Å². The molecular weight excluding hydrogens is 265 g/mol. The van der Waals surface area contributed by atoms with Gasteiger partial charge in [-0.2, -0.15) is 0 Å². The van der Waals surface area contributed by atoms with Crippen molar-refractivity contribution in [1.82, 2.24) is 4.90 Å². The van der Waals surface area contributed by atoms with Gasteiger partial charge in [0.05, 0.1) is 0 Å². The van der Waals surface area contributed by atoms with Crippen molar-refractivity contribution in [2.75, 3.05) is 13.6 Å². The molecule has 0 N–H and O–H groups in total. The van der Waals surface area contributed by atoms with Gasteiger partial charge in [0.25, 0.3) is 0 Å². The van der Waals surface area contributed by atoms with Gasteiger partial charge in [-0.1, -0.05) is 36.4 Å². The fourth-order valence-electron chi connectivity index (χ4n) is 2.26. The van der Waals surface area contributed by atoms with E-state index in [1.165, 1.54) is 23.3 Å². The molecule has 2 aromatic carbocycles. The van der Waals surface area contributed by atoms with Gasteiger partial charge >= 0.3 is 0 Å². The highest BCUT2D eigenvalue weighted by Crippen LogP contribution is 2.11. The van der Waals surface area contributed by atoms with Crippen molar-refractivity contribution in [3.63, 3.8) is 0 Å². The second-order valence-corrected chi connectivity index (χ2v) is 5.35. The monoisotopic (exact) mass is 285 g/mol. The smallest absolute Gasteiger partial charge is 0.164 e. The van der Waals surface area contributed by atoms with Gasteiger partial charge in [-0.15, -0.1) is 0 Å². The van der Waals surface area contributed by atoms with Gasteiger partial charge in [0.15, 0.2) is 5.78 Å². The number of Topliss-reactive ketones (excluding diaryl/α,β-unsaturated/α-hetero) is 1. The van der Waals surface area contributed by atoms with Crippen LogP contribution in [0.4, 0.5) is 4.39 Å². The molecule has 3 heteroatoms. The highest BCUT2D eigenvalue weighted by Gasteiger charge is 2.09. The highest BCUT2D eigenvalue weighted by molar-refractivity contribution is 5.96. The molecule has 0 atom stereocenters. The van der Waals surface area contributed by atoms with Crippen molar-refractivity contribution in [3.05, 3.63) is 71.0 Å². The van der Waals surface area contributed by atoms with Crippen molar-refractivity contribution in [3.8, 4) is 0 Å². The predicted octanol–water partition coefficient (Wildman–Crippen LogP) is 3.84. The van der Waals surface area contributed by atoms with E-state index in [1.807, 2.05) is 19.2 Å². The van der Waals surface area contributed by atoms with Gasteiger partial charge in [-0.05, 0) is 37.2 Å². The van der Waals surface area contributed by atoms with Crippen LogP contribution in [0.15, 0.2) is 48.5 Å². The van der Waals surface area contributed by atoms with Crippen LogP contribution in [0.5, 0.6) is 0 Å². The molecule has 0 heterocycles. The molecule has 0 aliphatic rings. The molecule has 0 spiro atoms. The minimum atomic E-state index is -0.367. The average Bonchev–Trinajstić information content (AvgIpc) is 2.47. The molecule has 2 aromatic rings. The number of hydrogen-bond acceptors (Lipinski definition) is 2. The van der Waals surface area contributed by atoms with E-state index >= 15 is 0 Å². The Morgan fingerprint density at radius 2 is 1.90 bits per heavy atom. The molecule has 0 saturated carbocycles. The summed E-state index contributed by atoms with van der Waals surface area (Å²) >= 11 is 0. The quantitative estimate of drug-likeness (QED) is 0.752. The largest absolute Gasteiger partial charge is 0.302 e. The maximum atomic E-state index is 13.1. The Morgan fingerprint density at radius 3 is 2.62 bits per heavy atom. The van der Waals surface area contributed by atoms with Crippen LogP contribution in [0.1, 0.15) is 27.9 Å². The van der Waals surface area contributed by atoms with E-state index in [2.05, 4.69) is 24.0 Å². The first kappa shape index (κ1) is 15.4. The molecule has 0 bridgehead atoms. The molecule has 0 aliphatic heterocycles. The van der Waals surface area contributed by atoms with Crippen molar-refractivity contribution >= 4 is 5.78 Å². The van der Waals surface area contributed by atoms with Crippen LogP contribution in [0.2, 0.25) is 0 Å². The number of ketones is 1. The third-order valence-electron chi connectivity index (χ3n) is 3.57. The van der Waals surface area contributed by atoms with E-state index in [9.17, 15) is 9.18 Å². The van der Waals surface area contributed by atoms with Crippen LogP contribution in [-0.4, -0.2) is 24.3 Å². The van der Waals surface area contributed by atoms with Crippen molar-refractivity contribution in [2.24, 2.45) is 0 Å². The normalized spacial score (nSPS) is 10.9. The summed E-state index contributed by atoms with van der Waals surface area (Å²) in [5, 5.41) is 0. The van der Waals surface area contributed by atoms with Crippen LogP contribution in [0.3, 0.4) is 0 Å². The van der Waals surface area contributed by atoms with Gasteiger partial charge < -0.3 is 4.90 Å². The molecule has 0 fully saturated rings. The second kappa shape index (κ2) is 7.14. The molecule has 2 nitrogen and oxygen atoms in total. The minimum absolute atomic E-state index is 0.0221. The molecule has 0 radical (unpaired) electrons. The number of benzene rings is 2. The minimum Gasteiger partial charge on any atom is -0.302 e. The summed E-state index contributed by atoms with van der Waals surface area (Å²) in [6.07, 6.45) is 0.395. The lowest BCUT2D eigenvalue weighted by molar-refractivity contribution is 0.0967. The summed E-state index contributed by atoms with van der Waals surface area (Å²) in [6.45, 7) is 3.55. The van der Waals surface area contributed by atoms with E-state index in [0.29, 0.717) is 18.5 Å². The number of carbonyl (C=O) groups excluding carboxylic acids is 1. The maximum absolute atomic E-state index is 13.1. The fraction of sp³-hybridized carbons (Fsp3) is 0.278. The second-order valence-electron chi connectivity index (χ2n) is 5.35. The number of nitrogens with zero attached hydrogens (tertiary/aromatic N) is 1. The van der Waals surface area contributed by atoms with Crippen LogP contribution in [0, 0.1) is 12.7 Å². The zero-order valence-electron chi connectivity index (χ0n) is 12.5. The number of hydrogen-bond donors (Lipinski definition) is 0. The number of aryl methyl sites for hydroxylation is 1. The Morgan fingerprint density at radius 1 is 1.14 bits per heavy atom. The van der Waals surface area contributed by atoms with E-state index < -0.39 is 0 Å². The van der Waals surface area contributed by atoms with Gasteiger partial charge in [-0.3, -0.25) is 4.79 Å². The molecule has 0 aromatic heterocycles. The third kappa shape index (κ3) is 4.50. The zero-order valence-corrected chi connectivity index (χ0v) is 12.5. The first-order valence-corrected chi connectivity index (χ1v) is 7.08. The molecule has 0 aliphatic carbocycles. The summed E-state index contributed by atoms with van der Waals surface area (Å²) in [5.41, 5.74) is 2.96. The van der Waals surface area contributed by atoms with E-state index in [4.69, 9.17) is 0 Å². The fourth-order valence-corrected chi connectivity index (χ4v) is 2.26. The number of halogens is 1. The molecule has 2 rings (SSSR count). The van der Waals surface area contributed by atoms with Crippen LogP contribution in [-0.2, 0) is 6.54 Å². The van der Waals surface area contributed by atoms with Gasteiger partial charge in [0, 0.05) is 25.1 Å². The molecule has 0 amide bonds. The number of carbonyl (C=O) groups is 1. The molecule has 21 heavy (non-hydrogen) atoms. The average molecular weight is 285 g/mol. The Labute approximate surface area is 125 Å². The summed E-state index contributed by atoms with van der Waals surface area (Å²) in [6, 6.07) is 14.1. The molecule has 0 unspecified atom stereocenters. The Bertz CT molecular complexity index is 624. The summed E-state index contributed by atoms with van der Waals surface area (Å²) in [5.74, 6) is -0.389. The first-order chi connectivity index (χ1) is 10.1. The van der Waals surface area contributed by atoms with E-state index in [0.717, 1.165) is 6.54 Å². The summed E-state index contributed by atoms with van der Waals surface area (Å²) < 4.78 is 13.1. The standard InChI is InChI=1S/C18H20FNO/c1-14-6-3-4-7-16(14)13-20(2)11-10-18(21)15-8-5-9-17(19)12-15/h3-9,12H,10-11,13H2,1-2H3. The topological polar surface area (TPSA) is 20.3 Å². The predicted molar refractivity (Wildman–Crippen MR) is 82.9 cm³/mol. The van der Waals surface area contributed by atoms with Crippen molar-refractivity contribution < 1.29 is 9.18 Å². The highest BCUT2D eigenvalue weighted by atomic mass is 19.1. The van der Waals surface area contributed by atoms with Gasteiger partial charge in [0.2, 0.25) is 0 Å². The Hall–Kier alpha value is -2.00. The lowest BCUT2D eigenvalue weighted by Crippen LogP contribution is -2.22. The van der Waals surface area contributed by atoms with Crippen molar-refractivity contribution in [1.29, 1.82) is 0 Å². The molecular formula is C18H20FNO. The Kier molecular flexibility index (Phi) is 5.23. The van der Waals surface area contributed by atoms with E-state index in [-0.39, 0.29) is 11.6 Å². The lowest BCUT2D eigenvalue weighted by atomic mass is 10.1. The summed E-state index contributed by atoms with van der Waals surface area (Å²) in [4.78, 5) is 14.1. The first-order valence-electron chi connectivity index (χ1n) is 7.08. The van der Waals surface area contributed by atoms with Crippen LogP contribution in [0.25, 0.3) is 0 Å². The SMILES string of the molecule is Cc1ccccc1CN(C)CCC(=O)c1cccc(F)c1. The van der Waals surface area contributed by atoms with E-state index in [1.54, 1.807) is 12.1 Å². The van der Waals surface area contributed by atoms with Crippen molar-refractivity contribution in [2.45, 2.75) is 19.9 Å². The maximum Gasteiger partial charge on any atom is 0.164 e. The van der Waals surface area contributed by atoms with Crippen LogP contribution >= 0.6 is 0 Å². The third-order valence-corrected chi connectivity index (χ3v) is 3.57. The summed E-state index contributed by atoms with van der Waals surface area (Å²) in [7, 11) is 1.99.